The molecule has 0 fully saturated rings. The third kappa shape index (κ3) is 2.82. The molecule has 0 saturated heterocycles. The largest absolute Gasteiger partial charge is 0.476 e. The maximum Gasteiger partial charge on any atom is 0.389 e. The van der Waals surface area contributed by atoms with Gasteiger partial charge in [0, 0.05) is 5.75 Å². The van der Waals surface area contributed by atoms with Crippen LogP contribution in [0.1, 0.15) is 0 Å². The van der Waals surface area contributed by atoms with Gasteiger partial charge in [-0.25, -0.2) is 4.79 Å². The minimum absolute atomic E-state index is 0.0359. The number of alkyl halides is 2. The van der Waals surface area contributed by atoms with E-state index in [0.717, 1.165) is 0 Å². The molecule has 5 heteroatoms. The van der Waals surface area contributed by atoms with Crippen LogP contribution >= 0.6 is 11.8 Å². The zero-order chi connectivity index (χ0) is 8.20. The molecule has 0 aliphatic carbocycles. The fourth-order valence-corrected chi connectivity index (χ4v) is 0.676. The quantitative estimate of drug-likeness (QED) is 0.647. The molecule has 58 valence electrons. The summed E-state index contributed by atoms with van der Waals surface area (Å²) in [5.41, 5.74) is 0. The standard InChI is InChI=1S/C5H6F2O2S/c1-2-3-10-5(6,7)4(8)9/h2H,1,3H2,(H,8,9). The van der Waals surface area contributed by atoms with Crippen LogP contribution in [0.25, 0.3) is 0 Å². The summed E-state index contributed by atoms with van der Waals surface area (Å²) < 4.78 is 24.1. The van der Waals surface area contributed by atoms with Gasteiger partial charge in [-0.2, -0.15) is 8.78 Å². The van der Waals surface area contributed by atoms with E-state index in [1.165, 1.54) is 6.08 Å². The van der Waals surface area contributed by atoms with Gasteiger partial charge in [-0.1, -0.05) is 17.8 Å². The van der Waals surface area contributed by atoms with Gasteiger partial charge in [0.25, 0.3) is 0 Å². The summed E-state index contributed by atoms with van der Waals surface area (Å²) >= 11 is 0.0359. The normalized spacial score (nSPS) is 11.0. The molecule has 0 aliphatic rings. The van der Waals surface area contributed by atoms with Gasteiger partial charge in [-0.05, 0) is 0 Å². The molecule has 0 rings (SSSR count). The summed E-state index contributed by atoms with van der Waals surface area (Å²) in [4.78, 5) is 9.72. The van der Waals surface area contributed by atoms with Gasteiger partial charge in [0.05, 0.1) is 0 Å². The number of aliphatic carboxylic acids is 1. The lowest BCUT2D eigenvalue weighted by atomic mass is 10.7. The number of halogens is 2. The van der Waals surface area contributed by atoms with Crippen molar-refractivity contribution in [2.75, 3.05) is 5.75 Å². The molecule has 0 aromatic heterocycles. The minimum atomic E-state index is -3.69. The second-order valence-corrected chi connectivity index (χ2v) is 2.56. The molecule has 0 atom stereocenters. The molecule has 2 nitrogen and oxygen atoms in total. The Labute approximate surface area is 60.9 Å². The van der Waals surface area contributed by atoms with Crippen molar-refractivity contribution < 1.29 is 18.7 Å². The van der Waals surface area contributed by atoms with E-state index in [2.05, 4.69) is 6.58 Å². The van der Waals surface area contributed by atoms with E-state index in [1.807, 2.05) is 0 Å². The third-order valence-corrected chi connectivity index (χ3v) is 1.57. The molecule has 10 heavy (non-hydrogen) atoms. The monoisotopic (exact) mass is 168 g/mol. The van der Waals surface area contributed by atoms with Crippen molar-refractivity contribution >= 4 is 17.7 Å². The predicted molar refractivity (Wildman–Crippen MR) is 35.2 cm³/mol. The molecule has 0 spiro atoms. The summed E-state index contributed by atoms with van der Waals surface area (Å²) in [6.07, 6.45) is 1.22. The lowest BCUT2D eigenvalue weighted by Gasteiger charge is -2.07. The van der Waals surface area contributed by atoms with Crippen LogP contribution < -0.4 is 0 Å². The lowest BCUT2D eigenvalue weighted by molar-refractivity contribution is -0.152. The maximum absolute atomic E-state index is 12.0. The number of thioether (sulfide) groups is 1. The van der Waals surface area contributed by atoms with E-state index in [1.54, 1.807) is 0 Å². The molecule has 0 aromatic rings. The van der Waals surface area contributed by atoms with Gasteiger partial charge in [-0.3, -0.25) is 0 Å². The van der Waals surface area contributed by atoms with Gasteiger partial charge in [0.1, 0.15) is 0 Å². The Morgan fingerprint density at radius 1 is 1.80 bits per heavy atom. The Balaban J connectivity index is 3.86. The van der Waals surface area contributed by atoms with Crippen molar-refractivity contribution in [1.29, 1.82) is 0 Å². The first-order chi connectivity index (χ1) is 4.50. The smallest absolute Gasteiger partial charge is 0.389 e. The van der Waals surface area contributed by atoms with Crippen LogP contribution in [0, 0.1) is 0 Å². The van der Waals surface area contributed by atoms with Crippen LogP contribution in [0.5, 0.6) is 0 Å². The second kappa shape index (κ2) is 3.55. The Bertz CT molecular complexity index is 147. The maximum atomic E-state index is 12.0. The van der Waals surface area contributed by atoms with Crippen LogP contribution in [0.15, 0.2) is 12.7 Å². The molecule has 1 N–H and O–H groups in total. The summed E-state index contributed by atoms with van der Waals surface area (Å²) in [5.74, 6) is -2.18. The zero-order valence-corrected chi connectivity index (χ0v) is 5.83. The topological polar surface area (TPSA) is 37.3 Å². The van der Waals surface area contributed by atoms with Crippen molar-refractivity contribution in [2.45, 2.75) is 5.25 Å². The molecule has 0 aliphatic heterocycles. The van der Waals surface area contributed by atoms with E-state index in [4.69, 9.17) is 5.11 Å². The first kappa shape index (κ1) is 9.42. The molecule has 0 heterocycles. The third-order valence-electron chi connectivity index (χ3n) is 0.631. The van der Waals surface area contributed by atoms with Crippen molar-refractivity contribution in [3.8, 4) is 0 Å². The van der Waals surface area contributed by atoms with Crippen molar-refractivity contribution in [3.63, 3.8) is 0 Å². The Hall–Kier alpha value is -0.580. The van der Waals surface area contributed by atoms with Crippen LogP contribution in [0.4, 0.5) is 8.78 Å². The Morgan fingerprint density at radius 3 is 2.60 bits per heavy atom. The van der Waals surface area contributed by atoms with Gasteiger partial charge in [-0.15, -0.1) is 6.58 Å². The first-order valence-electron chi connectivity index (χ1n) is 2.36. The summed E-state index contributed by atoms with van der Waals surface area (Å²) in [6.45, 7) is 3.18. The van der Waals surface area contributed by atoms with Gasteiger partial charge in [0.2, 0.25) is 0 Å². The number of carbonyl (C=O) groups is 1. The zero-order valence-electron chi connectivity index (χ0n) is 5.01. The molecular weight excluding hydrogens is 162 g/mol. The van der Waals surface area contributed by atoms with E-state index in [0.29, 0.717) is 0 Å². The summed E-state index contributed by atoms with van der Waals surface area (Å²) in [5, 5.41) is 4.18. The molecule has 0 unspecified atom stereocenters. The number of hydrogen-bond donors (Lipinski definition) is 1. The molecule has 0 aromatic carbocycles. The molecule has 0 bridgehead atoms. The predicted octanol–water partition coefficient (Wildman–Crippen LogP) is 1.58. The average Bonchev–Trinajstić information content (AvgIpc) is 1.84. The fourth-order valence-electron chi connectivity index (χ4n) is 0.225. The van der Waals surface area contributed by atoms with E-state index >= 15 is 0 Å². The minimum Gasteiger partial charge on any atom is -0.476 e. The summed E-state index contributed by atoms with van der Waals surface area (Å²) in [7, 11) is 0. The average molecular weight is 168 g/mol. The van der Waals surface area contributed by atoms with Crippen molar-refractivity contribution in [1.82, 2.24) is 0 Å². The fraction of sp³-hybridized carbons (Fsp3) is 0.400. The molecular formula is C5H6F2O2S. The van der Waals surface area contributed by atoms with Gasteiger partial charge in [0.15, 0.2) is 0 Å². The second-order valence-electron chi connectivity index (χ2n) is 1.42. The highest BCUT2D eigenvalue weighted by Crippen LogP contribution is 2.28. The highest BCUT2D eigenvalue weighted by molar-refractivity contribution is 8.01. The van der Waals surface area contributed by atoms with E-state index in [-0.39, 0.29) is 17.5 Å². The van der Waals surface area contributed by atoms with Crippen LogP contribution in [0.2, 0.25) is 0 Å². The lowest BCUT2D eigenvalue weighted by Crippen LogP contribution is -2.23. The van der Waals surface area contributed by atoms with Gasteiger partial charge >= 0.3 is 11.2 Å². The summed E-state index contributed by atoms with van der Waals surface area (Å²) in [6, 6.07) is 0. The SMILES string of the molecule is C=CCSC(F)(F)C(=O)O. The number of carboxylic acids is 1. The van der Waals surface area contributed by atoms with E-state index < -0.39 is 11.2 Å². The molecule has 0 saturated carbocycles. The van der Waals surface area contributed by atoms with Crippen molar-refractivity contribution in [2.24, 2.45) is 0 Å². The molecule has 0 radical (unpaired) electrons. The van der Waals surface area contributed by atoms with Crippen LogP contribution in [-0.2, 0) is 4.79 Å². The number of hydrogen-bond acceptors (Lipinski definition) is 2. The Kier molecular flexibility index (Phi) is 3.35. The Morgan fingerprint density at radius 2 is 2.30 bits per heavy atom. The van der Waals surface area contributed by atoms with Crippen molar-refractivity contribution in [3.05, 3.63) is 12.7 Å². The van der Waals surface area contributed by atoms with Gasteiger partial charge < -0.3 is 5.11 Å². The first-order valence-corrected chi connectivity index (χ1v) is 3.35. The molecule has 0 amide bonds. The van der Waals surface area contributed by atoms with Crippen LogP contribution in [-0.4, -0.2) is 22.1 Å². The highest BCUT2D eigenvalue weighted by atomic mass is 32.2. The van der Waals surface area contributed by atoms with E-state index in [9.17, 15) is 13.6 Å². The number of rotatable bonds is 4. The van der Waals surface area contributed by atoms with Crippen LogP contribution in [0.3, 0.4) is 0 Å². The highest BCUT2D eigenvalue weighted by Gasteiger charge is 2.38. The number of carboxylic acid groups (broad SMARTS) is 1.